The molecule has 0 aliphatic rings. The quantitative estimate of drug-likeness (QED) is 0.604. The second-order valence-electron chi connectivity index (χ2n) is 3.10. The maximum atomic E-state index is 13.5. The van der Waals surface area contributed by atoms with Gasteiger partial charge in [-0.25, -0.2) is 0 Å². The van der Waals surface area contributed by atoms with Crippen LogP contribution in [0.3, 0.4) is 0 Å². The van der Waals surface area contributed by atoms with Crippen LogP contribution >= 0.6 is 7.60 Å². The van der Waals surface area contributed by atoms with E-state index < -0.39 is 19.7 Å². The molecule has 6 heteroatoms. The van der Waals surface area contributed by atoms with Gasteiger partial charge in [-0.05, 0) is 20.3 Å². The highest BCUT2D eigenvalue weighted by atomic mass is 31.2. The van der Waals surface area contributed by atoms with Crippen molar-refractivity contribution in [1.29, 1.82) is 0 Å². The van der Waals surface area contributed by atoms with Crippen molar-refractivity contribution in [3.05, 3.63) is 0 Å². The van der Waals surface area contributed by atoms with E-state index in [0.29, 0.717) is 12.8 Å². The molecule has 3 nitrogen and oxygen atoms in total. The molecule has 0 fully saturated rings. The van der Waals surface area contributed by atoms with Gasteiger partial charge in [-0.15, -0.1) is 0 Å². The summed E-state index contributed by atoms with van der Waals surface area (Å²) in [4.78, 5) is 0. The largest absolute Gasteiger partial charge is 0.399 e. The zero-order valence-corrected chi connectivity index (χ0v) is 10.4. The van der Waals surface area contributed by atoms with Gasteiger partial charge >= 0.3 is 13.3 Å². The molecule has 0 radical (unpaired) electrons. The zero-order chi connectivity index (χ0) is 11.9. The highest BCUT2D eigenvalue weighted by Gasteiger charge is 2.52. The normalized spacial score (nSPS) is 13.1. The summed E-state index contributed by atoms with van der Waals surface area (Å²) >= 11 is 0. The molecule has 0 saturated carbocycles. The van der Waals surface area contributed by atoms with E-state index in [0.717, 1.165) is 0 Å². The lowest BCUT2D eigenvalue weighted by molar-refractivity contribution is 0.0298. The third kappa shape index (κ3) is 4.17. The number of alkyl halides is 2. The monoisotopic (exact) mass is 244 g/mol. The van der Waals surface area contributed by atoms with Crippen molar-refractivity contribution in [3.63, 3.8) is 0 Å². The Morgan fingerprint density at radius 2 is 1.60 bits per heavy atom. The van der Waals surface area contributed by atoms with Gasteiger partial charge in [0.2, 0.25) is 0 Å². The van der Waals surface area contributed by atoms with Crippen LogP contribution in [0.4, 0.5) is 8.78 Å². The van der Waals surface area contributed by atoms with Crippen LogP contribution in [-0.4, -0.2) is 18.9 Å². The molecule has 0 bridgehead atoms. The van der Waals surface area contributed by atoms with E-state index in [9.17, 15) is 13.3 Å². The molecule has 0 rings (SSSR count). The molecule has 0 amide bonds. The van der Waals surface area contributed by atoms with Gasteiger partial charge in [0.25, 0.3) is 0 Å². The van der Waals surface area contributed by atoms with Crippen LogP contribution in [0.15, 0.2) is 0 Å². The minimum Gasteiger partial charge on any atom is -0.305 e. The molecule has 0 heterocycles. The summed E-state index contributed by atoms with van der Waals surface area (Å²) in [6.45, 7) is 4.74. The summed E-state index contributed by atoms with van der Waals surface area (Å²) in [5.74, 6) is 0. The lowest BCUT2D eigenvalue weighted by Crippen LogP contribution is -2.20. The Bertz CT molecular complexity index is 211. The van der Waals surface area contributed by atoms with Gasteiger partial charge in [-0.2, -0.15) is 8.78 Å². The Kier molecular flexibility index (Phi) is 6.57. The molecular formula is C9H19F2O3P. The van der Waals surface area contributed by atoms with Crippen LogP contribution in [0.5, 0.6) is 0 Å². The first-order chi connectivity index (χ1) is 6.93. The topological polar surface area (TPSA) is 35.5 Å². The van der Waals surface area contributed by atoms with Crippen molar-refractivity contribution in [2.75, 3.05) is 13.2 Å². The maximum Gasteiger partial charge on any atom is 0.399 e. The van der Waals surface area contributed by atoms with Crippen molar-refractivity contribution in [2.24, 2.45) is 0 Å². The van der Waals surface area contributed by atoms with Crippen molar-refractivity contribution in [3.8, 4) is 0 Å². The Labute approximate surface area is 89.7 Å². The van der Waals surface area contributed by atoms with E-state index in [1.165, 1.54) is 13.8 Å². The molecule has 15 heavy (non-hydrogen) atoms. The molecule has 0 spiro atoms. The Hall–Kier alpha value is 0.01000. The van der Waals surface area contributed by atoms with Crippen LogP contribution in [0, 0.1) is 0 Å². The van der Waals surface area contributed by atoms with Gasteiger partial charge in [-0.1, -0.05) is 13.3 Å². The van der Waals surface area contributed by atoms with E-state index in [2.05, 4.69) is 9.05 Å². The second kappa shape index (κ2) is 6.56. The van der Waals surface area contributed by atoms with E-state index in [4.69, 9.17) is 0 Å². The maximum absolute atomic E-state index is 13.5. The molecular weight excluding hydrogens is 225 g/mol. The Morgan fingerprint density at radius 3 is 1.93 bits per heavy atom. The molecule has 0 aromatic carbocycles. The fourth-order valence-corrected chi connectivity index (χ4v) is 2.66. The Morgan fingerprint density at radius 1 is 1.13 bits per heavy atom. The smallest absolute Gasteiger partial charge is 0.305 e. The van der Waals surface area contributed by atoms with Crippen molar-refractivity contribution in [1.82, 2.24) is 0 Å². The highest BCUT2D eigenvalue weighted by molar-refractivity contribution is 7.55. The molecule has 0 aromatic heterocycles. The van der Waals surface area contributed by atoms with Crippen LogP contribution in [-0.2, 0) is 13.6 Å². The van der Waals surface area contributed by atoms with Gasteiger partial charge in [0.05, 0.1) is 13.2 Å². The zero-order valence-electron chi connectivity index (χ0n) is 9.46. The van der Waals surface area contributed by atoms with Gasteiger partial charge in [0.1, 0.15) is 0 Å². The number of halogens is 2. The van der Waals surface area contributed by atoms with Crippen molar-refractivity contribution < 1.29 is 22.4 Å². The predicted octanol–water partition coefficient (Wildman–Crippen LogP) is 4.04. The molecule has 92 valence electrons. The molecule has 0 aliphatic carbocycles. The van der Waals surface area contributed by atoms with Crippen LogP contribution in [0.2, 0.25) is 0 Å². The first kappa shape index (κ1) is 15.0. The fourth-order valence-electron chi connectivity index (χ4n) is 1.09. The van der Waals surface area contributed by atoms with Gasteiger partial charge in [0.15, 0.2) is 0 Å². The highest BCUT2D eigenvalue weighted by Crippen LogP contribution is 2.63. The summed E-state index contributed by atoms with van der Waals surface area (Å²) in [5, 5.41) is 0. The lowest BCUT2D eigenvalue weighted by atomic mass is 10.3. The van der Waals surface area contributed by atoms with E-state index in [1.54, 1.807) is 6.92 Å². The SMILES string of the molecule is CCCCC(F)(F)P(=O)(OCC)OCC. The number of hydrogen-bond acceptors (Lipinski definition) is 3. The van der Waals surface area contributed by atoms with E-state index >= 15 is 0 Å². The summed E-state index contributed by atoms with van der Waals surface area (Å²) in [6, 6.07) is 0. The van der Waals surface area contributed by atoms with Crippen molar-refractivity contribution in [2.45, 2.75) is 45.7 Å². The first-order valence-corrected chi connectivity index (χ1v) is 6.74. The summed E-state index contributed by atoms with van der Waals surface area (Å²) in [5.41, 5.74) is -3.38. The molecule has 0 saturated heterocycles. The standard InChI is InChI=1S/C9H19F2O3P/c1-4-7-8-9(10,11)15(12,13-5-2)14-6-3/h4-8H2,1-3H3. The number of rotatable bonds is 8. The summed E-state index contributed by atoms with van der Waals surface area (Å²) < 4.78 is 48.0. The molecule has 0 aromatic rings. The summed E-state index contributed by atoms with van der Waals surface area (Å²) in [6.07, 6.45) is 0.464. The fraction of sp³-hybridized carbons (Fsp3) is 1.00. The minimum absolute atomic E-state index is 0.0427. The predicted molar refractivity (Wildman–Crippen MR) is 55.3 cm³/mol. The molecule has 0 N–H and O–H groups in total. The summed E-state index contributed by atoms with van der Waals surface area (Å²) in [7, 11) is -4.29. The second-order valence-corrected chi connectivity index (χ2v) is 5.27. The number of hydrogen-bond donors (Lipinski definition) is 0. The molecule has 0 aliphatic heterocycles. The average molecular weight is 244 g/mol. The van der Waals surface area contributed by atoms with E-state index in [1.807, 2.05) is 0 Å². The van der Waals surface area contributed by atoms with Gasteiger partial charge in [0, 0.05) is 6.42 Å². The van der Waals surface area contributed by atoms with E-state index in [-0.39, 0.29) is 13.2 Å². The third-order valence-corrected chi connectivity index (χ3v) is 4.05. The van der Waals surface area contributed by atoms with Crippen molar-refractivity contribution >= 4 is 7.60 Å². The van der Waals surface area contributed by atoms with Crippen LogP contribution in [0.25, 0.3) is 0 Å². The molecule has 0 unspecified atom stereocenters. The van der Waals surface area contributed by atoms with Crippen LogP contribution < -0.4 is 0 Å². The first-order valence-electron chi connectivity index (χ1n) is 5.20. The molecule has 0 atom stereocenters. The average Bonchev–Trinajstić information content (AvgIpc) is 2.15. The minimum atomic E-state index is -4.29. The van der Waals surface area contributed by atoms with Crippen LogP contribution in [0.1, 0.15) is 40.0 Å². The lowest BCUT2D eigenvalue weighted by Gasteiger charge is -2.25. The van der Waals surface area contributed by atoms with Gasteiger partial charge in [-0.3, -0.25) is 4.57 Å². The Balaban J connectivity index is 4.64. The van der Waals surface area contributed by atoms with Gasteiger partial charge < -0.3 is 9.05 Å². The number of unbranched alkanes of at least 4 members (excludes halogenated alkanes) is 1. The third-order valence-electron chi connectivity index (χ3n) is 1.83.